The normalized spacial score (nSPS) is 19.0. The van der Waals surface area contributed by atoms with E-state index in [2.05, 4.69) is 5.32 Å². The van der Waals surface area contributed by atoms with E-state index in [0.29, 0.717) is 19.4 Å². The topological polar surface area (TPSA) is 69.6 Å². The Bertz CT molecular complexity index is 591. The second-order valence-corrected chi connectivity index (χ2v) is 6.00. The Morgan fingerprint density at radius 1 is 1.52 bits per heavy atom. The van der Waals surface area contributed by atoms with E-state index in [1.165, 1.54) is 11.0 Å². The minimum atomic E-state index is -0.484. The number of halogens is 1. The van der Waals surface area contributed by atoms with E-state index < -0.39 is 17.8 Å². The Morgan fingerprint density at radius 3 is 2.91 bits per heavy atom. The van der Waals surface area contributed by atoms with Crippen LogP contribution in [0.5, 0.6) is 0 Å². The third kappa shape index (κ3) is 4.28. The summed E-state index contributed by atoms with van der Waals surface area (Å²) in [7, 11) is 0. The van der Waals surface area contributed by atoms with Crippen LogP contribution in [0.3, 0.4) is 0 Å². The van der Waals surface area contributed by atoms with Crippen LogP contribution in [0.15, 0.2) is 18.2 Å². The van der Waals surface area contributed by atoms with Gasteiger partial charge in [0, 0.05) is 19.5 Å². The smallest absolute Gasteiger partial charge is 0.227 e. The monoisotopic (exact) mass is 322 g/mol. The number of carbonyl (C=O) groups excluding carboxylic acids is 2. The highest BCUT2D eigenvalue weighted by Gasteiger charge is 2.36. The second kappa shape index (κ2) is 7.55. The average molecular weight is 322 g/mol. The lowest BCUT2D eigenvalue weighted by Gasteiger charge is -2.18. The Hall–Kier alpha value is -1.95. The van der Waals surface area contributed by atoms with Crippen molar-refractivity contribution in [2.45, 2.75) is 39.2 Å². The summed E-state index contributed by atoms with van der Waals surface area (Å²) in [4.78, 5) is 25.5. The van der Waals surface area contributed by atoms with E-state index in [9.17, 15) is 19.1 Å². The van der Waals surface area contributed by atoms with E-state index in [4.69, 9.17) is 0 Å². The summed E-state index contributed by atoms with van der Waals surface area (Å²) >= 11 is 0. The van der Waals surface area contributed by atoms with E-state index in [1.54, 1.807) is 19.1 Å². The van der Waals surface area contributed by atoms with Gasteiger partial charge in [-0.25, -0.2) is 4.39 Å². The summed E-state index contributed by atoms with van der Waals surface area (Å²) in [6.45, 7) is 4.20. The molecular weight excluding hydrogens is 299 g/mol. The Labute approximate surface area is 135 Å². The van der Waals surface area contributed by atoms with Crippen molar-refractivity contribution in [1.82, 2.24) is 5.32 Å². The van der Waals surface area contributed by atoms with Gasteiger partial charge in [0.2, 0.25) is 11.8 Å². The minimum Gasteiger partial charge on any atom is -0.393 e. The SMILES string of the molecule is CCC(O)CCNC(=O)C1CC(=O)N(c2ccc(C)cc2F)C1. The molecule has 5 nitrogen and oxygen atoms in total. The van der Waals surface area contributed by atoms with Gasteiger partial charge in [-0.15, -0.1) is 0 Å². The Balaban J connectivity index is 1.95. The lowest BCUT2D eigenvalue weighted by molar-refractivity contribution is -0.126. The highest BCUT2D eigenvalue weighted by atomic mass is 19.1. The number of nitrogens with zero attached hydrogens (tertiary/aromatic N) is 1. The van der Waals surface area contributed by atoms with Gasteiger partial charge in [-0.3, -0.25) is 9.59 Å². The predicted octanol–water partition coefficient (Wildman–Crippen LogP) is 1.76. The molecule has 6 heteroatoms. The summed E-state index contributed by atoms with van der Waals surface area (Å²) in [6.07, 6.45) is 0.770. The summed E-state index contributed by atoms with van der Waals surface area (Å²) in [6, 6.07) is 4.69. The Kier molecular flexibility index (Phi) is 5.71. The fourth-order valence-electron chi connectivity index (χ4n) is 2.66. The zero-order valence-electron chi connectivity index (χ0n) is 13.5. The standard InChI is InChI=1S/C17H23FN2O3/c1-3-13(21)6-7-19-17(23)12-9-16(22)20(10-12)15-5-4-11(2)8-14(15)18/h4-5,8,12-13,21H,3,6-7,9-10H2,1-2H3,(H,19,23). The molecule has 2 rings (SSSR count). The third-order valence-corrected chi connectivity index (χ3v) is 4.14. The number of rotatable bonds is 6. The first-order valence-electron chi connectivity index (χ1n) is 7.94. The van der Waals surface area contributed by atoms with Crippen LogP contribution in [-0.4, -0.2) is 36.1 Å². The van der Waals surface area contributed by atoms with Gasteiger partial charge in [0.1, 0.15) is 5.82 Å². The molecule has 2 amide bonds. The molecule has 2 N–H and O–H groups in total. The van der Waals surface area contributed by atoms with Crippen molar-refractivity contribution in [3.8, 4) is 0 Å². The first-order valence-corrected chi connectivity index (χ1v) is 7.94. The van der Waals surface area contributed by atoms with Gasteiger partial charge in [0.15, 0.2) is 0 Å². The number of carbonyl (C=O) groups is 2. The van der Waals surface area contributed by atoms with Crippen molar-refractivity contribution in [3.63, 3.8) is 0 Å². The van der Waals surface area contributed by atoms with Gasteiger partial charge in [-0.1, -0.05) is 13.0 Å². The van der Waals surface area contributed by atoms with Gasteiger partial charge in [0.25, 0.3) is 0 Å². The summed E-state index contributed by atoms with van der Waals surface area (Å²) in [5.74, 6) is -1.41. The number of amides is 2. The van der Waals surface area contributed by atoms with Crippen molar-refractivity contribution in [2.24, 2.45) is 5.92 Å². The molecule has 0 radical (unpaired) electrons. The van der Waals surface area contributed by atoms with Gasteiger partial charge >= 0.3 is 0 Å². The van der Waals surface area contributed by atoms with E-state index in [-0.39, 0.29) is 30.5 Å². The first kappa shape index (κ1) is 17.4. The van der Waals surface area contributed by atoms with Crippen LogP contribution in [0.2, 0.25) is 0 Å². The maximum Gasteiger partial charge on any atom is 0.227 e. The summed E-state index contributed by atoms with van der Waals surface area (Å²) < 4.78 is 14.0. The molecule has 2 atom stereocenters. The van der Waals surface area contributed by atoms with Gasteiger partial charge in [-0.05, 0) is 37.5 Å². The number of aliphatic hydroxyl groups excluding tert-OH is 1. The third-order valence-electron chi connectivity index (χ3n) is 4.14. The lowest BCUT2D eigenvalue weighted by Crippen LogP contribution is -2.34. The van der Waals surface area contributed by atoms with E-state index in [0.717, 1.165) is 5.56 Å². The van der Waals surface area contributed by atoms with Crippen LogP contribution in [-0.2, 0) is 9.59 Å². The molecule has 0 saturated carbocycles. The molecule has 1 aliphatic rings. The van der Waals surface area contributed by atoms with Crippen LogP contribution in [0, 0.1) is 18.7 Å². The largest absolute Gasteiger partial charge is 0.393 e. The van der Waals surface area contributed by atoms with E-state index in [1.807, 2.05) is 6.92 Å². The van der Waals surface area contributed by atoms with Crippen molar-refractivity contribution in [3.05, 3.63) is 29.6 Å². The maximum absolute atomic E-state index is 14.0. The zero-order chi connectivity index (χ0) is 17.0. The molecule has 1 fully saturated rings. The molecule has 0 spiro atoms. The zero-order valence-corrected chi connectivity index (χ0v) is 13.5. The number of aryl methyl sites for hydroxylation is 1. The summed E-state index contributed by atoms with van der Waals surface area (Å²) in [5.41, 5.74) is 0.999. The van der Waals surface area contributed by atoms with Crippen molar-refractivity contribution in [2.75, 3.05) is 18.0 Å². The molecular formula is C17H23FN2O3. The lowest BCUT2D eigenvalue weighted by atomic mass is 10.1. The predicted molar refractivity (Wildman–Crippen MR) is 85.5 cm³/mol. The molecule has 0 aromatic heterocycles. The molecule has 2 unspecified atom stereocenters. The molecule has 1 aromatic carbocycles. The highest BCUT2D eigenvalue weighted by Crippen LogP contribution is 2.28. The number of benzene rings is 1. The first-order chi connectivity index (χ1) is 10.9. The molecule has 1 heterocycles. The molecule has 126 valence electrons. The minimum absolute atomic E-state index is 0.0789. The molecule has 1 aliphatic heterocycles. The summed E-state index contributed by atoms with van der Waals surface area (Å²) in [5, 5.41) is 12.2. The van der Waals surface area contributed by atoms with Crippen LogP contribution in [0.25, 0.3) is 0 Å². The van der Waals surface area contributed by atoms with Crippen molar-refractivity contribution in [1.29, 1.82) is 0 Å². The molecule has 1 saturated heterocycles. The van der Waals surface area contributed by atoms with Crippen LogP contribution < -0.4 is 10.2 Å². The molecule has 23 heavy (non-hydrogen) atoms. The number of aliphatic hydroxyl groups is 1. The van der Waals surface area contributed by atoms with E-state index >= 15 is 0 Å². The number of anilines is 1. The molecule has 0 bridgehead atoms. The highest BCUT2D eigenvalue weighted by molar-refractivity contribution is 6.00. The number of hydrogen-bond donors (Lipinski definition) is 2. The van der Waals surface area contributed by atoms with Gasteiger partial charge in [0.05, 0.1) is 17.7 Å². The van der Waals surface area contributed by atoms with Gasteiger partial charge in [-0.2, -0.15) is 0 Å². The van der Waals surface area contributed by atoms with Gasteiger partial charge < -0.3 is 15.3 Å². The maximum atomic E-state index is 14.0. The molecule has 1 aromatic rings. The quantitative estimate of drug-likeness (QED) is 0.838. The fraction of sp³-hybridized carbons (Fsp3) is 0.529. The van der Waals surface area contributed by atoms with Crippen molar-refractivity contribution < 1.29 is 19.1 Å². The van der Waals surface area contributed by atoms with Crippen LogP contribution in [0.4, 0.5) is 10.1 Å². The second-order valence-electron chi connectivity index (χ2n) is 6.00. The average Bonchev–Trinajstić information content (AvgIpc) is 2.89. The Morgan fingerprint density at radius 2 is 2.26 bits per heavy atom. The molecule has 0 aliphatic carbocycles. The van der Waals surface area contributed by atoms with Crippen LogP contribution in [0.1, 0.15) is 31.7 Å². The number of nitrogens with one attached hydrogen (secondary N) is 1. The van der Waals surface area contributed by atoms with Crippen LogP contribution >= 0.6 is 0 Å². The fourth-order valence-corrected chi connectivity index (χ4v) is 2.66. The van der Waals surface area contributed by atoms with Crippen molar-refractivity contribution >= 4 is 17.5 Å². The number of hydrogen-bond acceptors (Lipinski definition) is 3.